The van der Waals surface area contributed by atoms with E-state index in [2.05, 4.69) is 6.92 Å². The summed E-state index contributed by atoms with van der Waals surface area (Å²) in [4.78, 5) is 12.3. The van der Waals surface area contributed by atoms with E-state index in [1.165, 1.54) is 12.1 Å². The highest BCUT2D eigenvalue weighted by atomic mass is 32.2. The molecule has 0 amide bonds. The predicted molar refractivity (Wildman–Crippen MR) is 115 cm³/mol. The quantitative estimate of drug-likeness (QED) is 0.200. The van der Waals surface area contributed by atoms with Gasteiger partial charge in [-0.25, -0.2) is 4.79 Å². The summed E-state index contributed by atoms with van der Waals surface area (Å²) in [6.45, 7) is 5.19. The maximum atomic E-state index is 12.9. The molecule has 0 saturated carbocycles. The number of benzene rings is 1. The minimum Gasteiger partial charge on any atom is -0.460 e. The van der Waals surface area contributed by atoms with Gasteiger partial charge in [-0.2, -0.15) is 8.42 Å². The molecule has 0 aliphatic rings. The first kappa shape index (κ1) is 26.6. The topological polar surface area (TPSA) is 88.1 Å². The summed E-state index contributed by atoms with van der Waals surface area (Å²) in [7, 11) is -2.52. The van der Waals surface area contributed by atoms with E-state index in [-0.39, 0.29) is 23.7 Å². The minimum absolute atomic E-state index is 0.0215. The molecule has 0 aromatic heterocycles. The lowest BCUT2D eigenvalue weighted by molar-refractivity contribution is 0.0210. The summed E-state index contributed by atoms with van der Waals surface area (Å²) in [5.74, 6) is -0.719. The SMILES string of the molecule is CCCCCCC(CCC)OS(=O)(=O)c1ccccc1C(=O)OCCOCCOC. The van der Waals surface area contributed by atoms with Crippen LogP contribution in [0.2, 0.25) is 0 Å². The molecule has 0 N–H and O–H groups in total. The second-order valence-electron chi connectivity index (χ2n) is 7.05. The molecule has 172 valence electrons. The Morgan fingerprint density at radius 2 is 1.67 bits per heavy atom. The molecule has 7 nitrogen and oxygen atoms in total. The fraction of sp³-hybridized carbons (Fsp3) is 0.682. The van der Waals surface area contributed by atoms with Gasteiger partial charge in [0.2, 0.25) is 0 Å². The first-order valence-electron chi connectivity index (χ1n) is 10.7. The fourth-order valence-electron chi connectivity index (χ4n) is 2.96. The highest BCUT2D eigenvalue weighted by molar-refractivity contribution is 7.86. The first-order chi connectivity index (χ1) is 14.5. The smallest absolute Gasteiger partial charge is 0.339 e. The largest absolute Gasteiger partial charge is 0.460 e. The van der Waals surface area contributed by atoms with E-state index >= 15 is 0 Å². The van der Waals surface area contributed by atoms with Crippen molar-refractivity contribution in [1.82, 2.24) is 0 Å². The number of hydrogen-bond donors (Lipinski definition) is 0. The van der Waals surface area contributed by atoms with Gasteiger partial charge in [-0.15, -0.1) is 0 Å². The molecule has 0 radical (unpaired) electrons. The molecule has 1 unspecified atom stereocenters. The number of hydrogen-bond acceptors (Lipinski definition) is 7. The minimum atomic E-state index is -4.09. The van der Waals surface area contributed by atoms with Gasteiger partial charge in [0.1, 0.15) is 11.5 Å². The maximum absolute atomic E-state index is 12.9. The van der Waals surface area contributed by atoms with Crippen LogP contribution in [0.25, 0.3) is 0 Å². The number of carbonyl (C=O) groups excluding carboxylic acids is 1. The number of unbranched alkanes of at least 4 members (excludes halogenated alkanes) is 3. The third-order valence-corrected chi connectivity index (χ3v) is 5.94. The van der Waals surface area contributed by atoms with E-state index in [0.29, 0.717) is 26.1 Å². The number of carbonyl (C=O) groups is 1. The van der Waals surface area contributed by atoms with E-state index in [4.69, 9.17) is 18.4 Å². The lowest BCUT2D eigenvalue weighted by Crippen LogP contribution is -2.21. The van der Waals surface area contributed by atoms with E-state index < -0.39 is 22.2 Å². The molecule has 0 heterocycles. The Hall–Kier alpha value is -1.48. The molecule has 0 saturated heterocycles. The van der Waals surface area contributed by atoms with Gasteiger partial charge in [-0.1, -0.05) is 58.1 Å². The zero-order valence-corrected chi connectivity index (χ0v) is 19.2. The second-order valence-corrected chi connectivity index (χ2v) is 8.59. The van der Waals surface area contributed by atoms with E-state index in [0.717, 1.165) is 32.1 Å². The van der Waals surface area contributed by atoms with Crippen LogP contribution < -0.4 is 0 Å². The number of esters is 1. The standard InChI is InChI=1S/C22H36O7S/c1-4-6-7-8-12-19(11-5-2)29-30(24,25)21-14-10-9-13-20(21)22(23)28-18-17-27-16-15-26-3/h9-10,13-14,19H,4-8,11-12,15-18H2,1-3H3. The molecule has 0 bridgehead atoms. The van der Waals surface area contributed by atoms with Gasteiger partial charge in [-0.3, -0.25) is 4.18 Å². The van der Waals surface area contributed by atoms with Gasteiger partial charge >= 0.3 is 5.97 Å². The van der Waals surface area contributed by atoms with E-state index in [1.807, 2.05) is 6.92 Å². The zero-order valence-electron chi connectivity index (χ0n) is 18.4. The fourth-order valence-corrected chi connectivity index (χ4v) is 4.28. The maximum Gasteiger partial charge on any atom is 0.339 e. The van der Waals surface area contributed by atoms with Crippen molar-refractivity contribution in [3.63, 3.8) is 0 Å². The molecule has 0 aliphatic heterocycles. The van der Waals surface area contributed by atoms with Crippen LogP contribution in [0, 0.1) is 0 Å². The Bertz CT molecular complexity index is 703. The van der Waals surface area contributed by atoms with Crippen LogP contribution in [0.1, 0.15) is 69.2 Å². The zero-order chi connectivity index (χ0) is 22.2. The van der Waals surface area contributed by atoms with Crippen molar-refractivity contribution in [2.45, 2.75) is 69.8 Å². The average Bonchev–Trinajstić information content (AvgIpc) is 2.73. The molecular weight excluding hydrogens is 408 g/mol. The molecular formula is C22H36O7S. The van der Waals surface area contributed by atoms with E-state index in [9.17, 15) is 13.2 Å². The molecule has 1 rings (SSSR count). The Kier molecular flexibility index (Phi) is 13.6. The highest BCUT2D eigenvalue weighted by Gasteiger charge is 2.27. The molecule has 1 aromatic carbocycles. The van der Waals surface area contributed by atoms with Gasteiger partial charge in [-0.05, 0) is 25.0 Å². The van der Waals surface area contributed by atoms with Crippen LogP contribution in [-0.4, -0.2) is 54.0 Å². The van der Waals surface area contributed by atoms with Crippen molar-refractivity contribution in [1.29, 1.82) is 0 Å². The van der Waals surface area contributed by atoms with Crippen LogP contribution in [0.4, 0.5) is 0 Å². The van der Waals surface area contributed by atoms with Crippen LogP contribution in [0.15, 0.2) is 29.2 Å². The van der Waals surface area contributed by atoms with Gasteiger partial charge < -0.3 is 14.2 Å². The van der Waals surface area contributed by atoms with Crippen LogP contribution in [0.5, 0.6) is 0 Å². The lowest BCUT2D eigenvalue weighted by Gasteiger charge is -2.18. The van der Waals surface area contributed by atoms with E-state index in [1.54, 1.807) is 19.2 Å². The van der Waals surface area contributed by atoms with Crippen LogP contribution >= 0.6 is 0 Å². The first-order valence-corrected chi connectivity index (χ1v) is 12.1. The summed E-state index contributed by atoms with van der Waals surface area (Å²) >= 11 is 0. The molecule has 0 fully saturated rings. The third-order valence-electron chi connectivity index (χ3n) is 4.52. The number of methoxy groups -OCH3 is 1. The van der Waals surface area contributed by atoms with Crippen molar-refractivity contribution in [3.8, 4) is 0 Å². The summed E-state index contributed by atoms with van der Waals surface area (Å²) in [5, 5.41) is 0. The van der Waals surface area contributed by atoms with Gasteiger partial charge in [0.25, 0.3) is 10.1 Å². The molecule has 0 aliphatic carbocycles. The predicted octanol–water partition coefficient (Wildman–Crippen LogP) is 4.35. The summed E-state index contributed by atoms with van der Waals surface area (Å²) < 4.78 is 46.6. The summed E-state index contributed by atoms with van der Waals surface area (Å²) in [5.41, 5.74) is -0.0318. The Balaban J connectivity index is 2.77. The monoisotopic (exact) mass is 444 g/mol. The highest BCUT2D eigenvalue weighted by Crippen LogP contribution is 2.23. The molecule has 1 atom stereocenters. The van der Waals surface area contributed by atoms with Crippen molar-refractivity contribution in [2.24, 2.45) is 0 Å². The van der Waals surface area contributed by atoms with Gasteiger partial charge in [0.15, 0.2) is 0 Å². The van der Waals surface area contributed by atoms with Crippen molar-refractivity contribution < 1.29 is 31.6 Å². The molecule has 30 heavy (non-hydrogen) atoms. The Morgan fingerprint density at radius 1 is 0.933 bits per heavy atom. The average molecular weight is 445 g/mol. The van der Waals surface area contributed by atoms with Crippen LogP contribution in [0.3, 0.4) is 0 Å². The van der Waals surface area contributed by atoms with Gasteiger partial charge in [0.05, 0.1) is 31.5 Å². The van der Waals surface area contributed by atoms with Crippen molar-refractivity contribution >= 4 is 16.1 Å². The molecule has 0 spiro atoms. The third kappa shape index (κ3) is 10.0. The normalized spacial score (nSPS) is 12.6. The Labute approximate surface area is 181 Å². The Morgan fingerprint density at radius 3 is 2.37 bits per heavy atom. The number of ether oxygens (including phenoxy) is 3. The summed E-state index contributed by atoms with van der Waals surface area (Å²) in [6, 6.07) is 5.97. The lowest BCUT2D eigenvalue weighted by atomic mass is 10.1. The van der Waals surface area contributed by atoms with Gasteiger partial charge in [0, 0.05) is 7.11 Å². The molecule has 1 aromatic rings. The summed E-state index contributed by atoms with van der Waals surface area (Å²) in [6.07, 6.45) is 5.96. The second kappa shape index (κ2) is 15.3. The van der Waals surface area contributed by atoms with Crippen molar-refractivity contribution in [3.05, 3.63) is 29.8 Å². The number of rotatable bonds is 17. The van der Waals surface area contributed by atoms with Crippen LogP contribution in [-0.2, 0) is 28.5 Å². The molecule has 8 heteroatoms. The van der Waals surface area contributed by atoms with Crippen molar-refractivity contribution in [2.75, 3.05) is 33.5 Å².